The van der Waals surface area contributed by atoms with Gasteiger partial charge in [-0.2, -0.15) is 5.10 Å². The van der Waals surface area contributed by atoms with Crippen molar-refractivity contribution in [2.45, 2.75) is 33.6 Å². The van der Waals surface area contributed by atoms with Crippen molar-refractivity contribution < 1.29 is 0 Å². The molecule has 0 saturated carbocycles. The van der Waals surface area contributed by atoms with Crippen LogP contribution in [0.5, 0.6) is 0 Å². The quantitative estimate of drug-likeness (QED) is 0.723. The summed E-state index contributed by atoms with van der Waals surface area (Å²) in [7, 11) is 0. The van der Waals surface area contributed by atoms with E-state index in [1.54, 1.807) is 0 Å². The van der Waals surface area contributed by atoms with Crippen molar-refractivity contribution in [2.24, 2.45) is 0 Å². The standard InChI is InChI=1S/C10H14N4/c1-4-5-9-12-10-8(3)11-6-7(2)14(10)13-9/h6H,4-5H2,1-3H3. The van der Waals surface area contributed by atoms with Crippen LogP contribution in [0.1, 0.15) is 30.6 Å². The van der Waals surface area contributed by atoms with Crippen LogP contribution in [0.25, 0.3) is 5.65 Å². The highest BCUT2D eigenvalue weighted by Crippen LogP contribution is 2.08. The summed E-state index contributed by atoms with van der Waals surface area (Å²) < 4.78 is 1.87. The molecule has 0 aromatic carbocycles. The molecule has 0 fully saturated rings. The molecule has 0 amide bonds. The van der Waals surface area contributed by atoms with E-state index in [2.05, 4.69) is 22.0 Å². The van der Waals surface area contributed by atoms with E-state index in [4.69, 9.17) is 0 Å². The fourth-order valence-electron chi connectivity index (χ4n) is 1.47. The topological polar surface area (TPSA) is 43.1 Å². The van der Waals surface area contributed by atoms with E-state index < -0.39 is 0 Å². The molecule has 14 heavy (non-hydrogen) atoms. The van der Waals surface area contributed by atoms with Gasteiger partial charge in [-0.25, -0.2) is 9.50 Å². The molecule has 0 saturated heterocycles. The number of hydrogen-bond donors (Lipinski definition) is 0. The molecule has 0 aliphatic heterocycles. The molecule has 0 atom stereocenters. The maximum absolute atomic E-state index is 4.45. The van der Waals surface area contributed by atoms with Crippen LogP contribution in [0.2, 0.25) is 0 Å². The van der Waals surface area contributed by atoms with Crippen LogP contribution < -0.4 is 0 Å². The zero-order valence-corrected chi connectivity index (χ0v) is 8.78. The lowest BCUT2D eigenvalue weighted by molar-refractivity contribution is 0.804. The van der Waals surface area contributed by atoms with Crippen LogP contribution in [-0.2, 0) is 6.42 Å². The Kier molecular flexibility index (Phi) is 2.19. The van der Waals surface area contributed by atoms with Gasteiger partial charge in [-0.3, -0.25) is 4.98 Å². The smallest absolute Gasteiger partial charge is 0.177 e. The molecule has 74 valence electrons. The van der Waals surface area contributed by atoms with Gasteiger partial charge in [0.25, 0.3) is 0 Å². The average molecular weight is 190 g/mol. The Morgan fingerprint density at radius 1 is 1.36 bits per heavy atom. The van der Waals surface area contributed by atoms with Gasteiger partial charge in [-0.1, -0.05) is 6.92 Å². The third-order valence-corrected chi connectivity index (χ3v) is 2.23. The minimum Gasteiger partial charge on any atom is -0.256 e. The molecule has 2 aromatic rings. The highest BCUT2D eigenvalue weighted by Gasteiger charge is 2.07. The van der Waals surface area contributed by atoms with E-state index in [1.807, 2.05) is 24.6 Å². The van der Waals surface area contributed by atoms with Crippen LogP contribution in [0.4, 0.5) is 0 Å². The summed E-state index contributed by atoms with van der Waals surface area (Å²) in [4.78, 5) is 8.71. The minimum absolute atomic E-state index is 0.883. The highest BCUT2D eigenvalue weighted by molar-refractivity contribution is 5.42. The molecule has 0 bridgehead atoms. The SMILES string of the molecule is CCCc1nc2c(C)ncc(C)n2n1. The first-order valence-electron chi connectivity index (χ1n) is 4.90. The van der Waals surface area contributed by atoms with Gasteiger partial charge in [0.05, 0.1) is 11.4 Å². The average Bonchev–Trinajstić information content (AvgIpc) is 2.57. The van der Waals surface area contributed by atoms with Crippen molar-refractivity contribution >= 4 is 5.65 Å². The van der Waals surface area contributed by atoms with Gasteiger partial charge in [0.2, 0.25) is 0 Å². The lowest BCUT2D eigenvalue weighted by Crippen LogP contribution is -1.97. The van der Waals surface area contributed by atoms with Crippen LogP contribution in [0, 0.1) is 13.8 Å². The number of hydrogen-bond acceptors (Lipinski definition) is 3. The Balaban J connectivity index is 2.63. The van der Waals surface area contributed by atoms with E-state index in [1.165, 1.54) is 0 Å². The molecule has 2 rings (SSSR count). The van der Waals surface area contributed by atoms with Crippen molar-refractivity contribution in [3.05, 3.63) is 23.4 Å². The molecule has 0 spiro atoms. The molecule has 0 unspecified atom stereocenters. The minimum atomic E-state index is 0.883. The maximum Gasteiger partial charge on any atom is 0.177 e. The summed E-state index contributed by atoms with van der Waals surface area (Å²) >= 11 is 0. The predicted octanol–water partition coefficient (Wildman–Crippen LogP) is 1.69. The maximum atomic E-state index is 4.45. The van der Waals surface area contributed by atoms with Crippen LogP contribution in [0.3, 0.4) is 0 Å². The Labute approximate surface area is 83.0 Å². The third-order valence-electron chi connectivity index (χ3n) is 2.23. The van der Waals surface area contributed by atoms with Gasteiger partial charge in [0.1, 0.15) is 0 Å². The largest absolute Gasteiger partial charge is 0.256 e. The Morgan fingerprint density at radius 3 is 2.79 bits per heavy atom. The summed E-state index contributed by atoms with van der Waals surface area (Å²) in [5.74, 6) is 0.909. The molecule has 0 aliphatic rings. The summed E-state index contributed by atoms with van der Waals surface area (Å²) in [6.45, 7) is 6.08. The molecule has 2 aromatic heterocycles. The molecular formula is C10H14N4. The van der Waals surface area contributed by atoms with Gasteiger partial charge < -0.3 is 0 Å². The molecule has 0 aliphatic carbocycles. The summed E-state index contributed by atoms with van der Waals surface area (Å²) in [6, 6.07) is 0. The summed E-state index contributed by atoms with van der Waals surface area (Å²) in [6.07, 6.45) is 3.83. The lowest BCUT2D eigenvalue weighted by Gasteiger charge is -1.97. The Hall–Kier alpha value is -1.45. The monoisotopic (exact) mass is 190 g/mol. The summed E-state index contributed by atoms with van der Waals surface area (Å²) in [5, 5.41) is 4.43. The fourth-order valence-corrected chi connectivity index (χ4v) is 1.47. The molecule has 0 N–H and O–H groups in total. The molecular weight excluding hydrogens is 176 g/mol. The Bertz CT molecular complexity index is 419. The number of fused-ring (bicyclic) bond motifs is 1. The van der Waals surface area contributed by atoms with E-state index in [0.717, 1.165) is 35.7 Å². The first-order chi connectivity index (χ1) is 6.72. The zero-order chi connectivity index (χ0) is 10.1. The number of rotatable bonds is 2. The summed E-state index contributed by atoms with van der Waals surface area (Å²) in [5.41, 5.74) is 2.85. The number of nitrogens with zero attached hydrogens (tertiary/aromatic N) is 4. The molecule has 4 nitrogen and oxygen atoms in total. The van der Waals surface area contributed by atoms with Crippen LogP contribution in [-0.4, -0.2) is 19.6 Å². The lowest BCUT2D eigenvalue weighted by atomic mass is 10.3. The zero-order valence-electron chi connectivity index (χ0n) is 8.78. The van der Waals surface area contributed by atoms with Crippen LogP contribution >= 0.6 is 0 Å². The van der Waals surface area contributed by atoms with E-state index in [-0.39, 0.29) is 0 Å². The van der Waals surface area contributed by atoms with E-state index in [0.29, 0.717) is 0 Å². The van der Waals surface area contributed by atoms with Crippen molar-refractivity contribution in [3.63, 3.8) is 0 Å². The van der Waals surface area contributed by atoms with Crippen molar-refractivity contribution in [2.75, 3.05) is 0 Å². The van der Waals surface area contributed by atoms with Crippen molar-refractivity contribution in [1.29, 1.82) is 0 Å². The molecule has 2 heterocycles. The number of aromatic nitrogens is 4. The van der Waals surface area contributed by atoms with E-state index in [9.17, 15) is 0 Å². The third kappa shape index (κ3) is 1.36. The van der Waals surface area contributed by atoms with Gasteiger partial charge >= 0.3 is 0 Å². The van der Waals surface area contributed by atoms with Gasteiger partial charge in [0, 0.05) is 12.6 Å². The van der Waals surface area contributed by atoms with Gasteiger partial charge in [0.15, 0.2) is 11.5 Å². The van der Waals surface area contributed by atoms with Crippen molar-refractivity contribution in [3.8, 4) is 0 Å². The second kappa shape index (κ2) is 3.36. The second-order valence-electron chi connectivity index (χ2n) is 3.50. The first-order valence-corrected chi connectivity index (χ1v) is 4.90. The second-order valence-corrected chi connectivity index (χ2v) is 3.50. The van der Waals surface area contributed by atoms with Gasteiger partial charge in [-0.15, -0.1) is 0 Å². The molecule has 0 radical (unpaired) electrons. The van der Waals surface area contributed by atoms with Crippen LogP contribution in [0.15, 0.2) is 6.20 Å². The molecule has 4 heteroatoms. The Morgan fingerprint density at radius 2 is 2.14 bits per heavy atom. The van der Waals surface area contributed by atoms with Crippen molar-refractivity contribution in [1.82, 2.24) is 19.6 Å². The number of aryl methyl sites for hydroxylation is 3. The van der Waals surface area contributed by atoms with Gasteiger partial charge in [-0.05, 0) is 20.3 Å². The normalized spacial score (nSPS) is 11.1. The first kappa shape index (κ1) is 9.12. The fraction of sp³-hybridized carbons (Fsp3) is 0.500. The predicted molar refractivity (Wildman–Crippen MR) is 54.3 cm³/mol. The van der Waals surface area contributed by atoms with E-state index >= 15 is 0 Å². The highest BCUT2D eigenvalue weighted by atomic mass is 15.3.